The first-order chi connectivity index (χ1) is 11.6. The van der Waals surface area contributed by atoms with Crippen LogP contribution in [0.3, 0.4) is 0 Å². The molecular weight excluding hydrogens is 308 g/mol. The molecule has 0 bridgehead atoms. The molecule has 2 aromatic carbocycles. The van der Waals surface area contributed by atoms with Gasteiger partial charge in [-0.1, -0.05) is 48.5 Å². The lowest BCUT2D eigenvalue weighted by atomic mass is 9.91. The van der Waals surface area contributed by atoms with Gasteiger partial charge in [-0.05, 0) is 24.6 Å². The third-order valence-corrected chi connectivity index (χ3v) is 3.83. The van der Waals surface area contributed by atoms with Gasteiger partial charge in [0, 0.05) is 0 Å². The Morgan fingerprint density at radius 3 is 2.38 bits per heavy atom. The van der Waals surface area contributed by atoms with Crippen LogP contribution in [0.4, 0.5) is 4.79 Å². The first-order valence-corrected chi connectivity index (χ1v) is 7.59. The first kappa shape index (κ1) is 15.9. The van der Waals surface area contributed by atoms with E-state index in [1.54, 1.807) is 19.1 Å². The monoisotopic (exact) mass is 326 g/mol. The Balaban J connectivity index is 1.57. The summed E-state index contributed by atoms with van der Waals surface area (Å²) in [5, 5.41) is 5.21. The second-order valence-electron chi connectivity index (χ2n) is 5.67. The zero-order valence-electron chi connectivity index (χ0n) is 13.2. The van der Waals surface area contributed by atoms with Gasteiger partial charge in [0.25, 0.3) is 5.91 Å². The number of β-lactam (4-membered cyclic amide) rings is 1. The van der Waals surface area contributed by atoms with Crippen molar-refractivity contribution < 1.29 is 19.1 Å². The van der Waals surface area contributed by atoms with E-state index in [0.29, 0.717) is 5.75 Å². The van der Waals surface area contributed by atoms with Gasteiger partial charge in [-0.25, -0.2) is 4.79 Å². The second-order valence-corrected chi connectivity index (χ2v) is 5.67. The highest BCUT2D eigenvalue weighted by atomic mass is 16.6. The Morgan fingerprint density at radius 2 is 1.75 bits per heavy atom. The molecule has 2 amide bonds. The van der Waals surface area contributed by atoms with Crippen molar-refractivity contribution in [2.45, 2.75) is 25.3 Å². The zero-order valence-corrected chi connectivity index (χ0v) is 13.2. The minimum atomic E-state index is -1.18. The van der Waals surface area contributed by atoms with E-state index in [1.807, 2.05) is 48.5 Å². The molecule has 1 aliphatic rings. The number of nitrogens with one attached hydrogen (secondary N) is 2. The van der Waals surface area contributed by atoms with Crippen molar-refractivity contribution in [2.75, 3.05) is 0 Å². The summed E-state index contributed by atoms with van der Waals surface area (Å²) in [6, 6.07) is 18.4. The number of carbonyl (C=O) groups is 2. The topological polar surface area (TPSA) is 76.7 Å². The Bertz CT molecular complexity index is 720. The average molecular weight is 326 g/mol. The van der Waals surface area contributed by atoms with Crippen LogP contribution in [-0.2, 0) is 16.1 Å². The van der Waals surface area contributed by atoms with Crippen LogP contribution in [0, 0.1) is 0 Å². The van der Waals surface area contributed by atoms with Gasteiger partial charge >= 0.3 is 6.09 Å². The lowest BCUT2D eigenvalue weighted by molar-refractivity contribution is -0.148. The number of benzene rings is 2. The van der Waals surface area contributed by atoms with Crippen LogP contribution in [-0.4, -0.2) is 23.8 Å². The van der Waals surface area contributed by atoms with Crippen LogP contribution in [0.5, 0.6) is 5.75 Å². The van der Waals surface area contributed by atoms with Gasteiger partial charge in [-0.15, -0.1) is 0 Å². The molecule has 0 unspecified atom stereocenters. The number of rotatable bonds is 5. The largest absolute Gasteiger partial charge is 0.468 e. The van der Waals surface area contributed by atoms with Gasteiger partial charge in [-0.2, -0.15) is 0 Å². The molecule has 1 fully saturated rings. The third-order valence-electron chi connectivity index (χ3n) is 3.83. The van der Waals surface area contributed by atoms with Crippen molar-refractivity contribution in [1.29, 1.82) is 0 Å². The highest BCUT2D eigenvalue weighted by Gasteiger charge is 2.55. The normalized spacial score (nSPS) is 22.0. The quantitative estimate of drug-likeness (QED) is 0.826. The summed E-state index contributed by atoms with van der Waals surface area (Å²) in [5.41, 5.74) is -0.308. The number of hydrogen-bond donors (Lipinski definition) is 2. The van der Waals surface area contributed by atoms with Crippen molar-refractivity contribution in [3.05, 3.63) is 66.2 Å². The van der Waals surface area contributed by atoms with E-state index in [9.17, 15) is 9.59 Å². The predicted octanol–water partition coefficient (Wildman–Crippen LogP) is 2.21. The summed E-state index contributed by atoms with van der Waals surface area (Å²) in [4.78, 5) is 23.9. The molecule has 124 valence electrons. The van der Waals surface area contributed by atoms with Crippen molar-refractivity contribution in [3.8, 4) is 5.75 Å². The molecule has 0 spiro atoms. The lowest BCUT2D eigenvalue weighted by Crippen LogP contribution is -2.79. The number of alkyl carbamates (subject to hydrolysis) is 1. The van der Waals surface area contributed by atoms with E-state index in [4.69, 9.17) is 9.47 Å². The van der Waals surface area contributed by atoms with Crippen LogP contribution >= 0.6 is 0 Å². The fraction of sp³-hybridized carbons (Fsp3) is 0.222. The van der Waals surface area contributed by atoms with E-state index in [1.165, 1.54) is 0 Å². The maximum absolute atomic E-state index is 12.0. The molecular formula is C18H18N2O4. The summed E-state index contributed by atoms with van der Waals surface area (Å²) < 4.78 is 10.9. The number of amides is 2. The van der Waals surface area contributed by atoms with E-state index in [0.717, 1.165) is 5.56 Å². The van der Waals surface area contributed by atoms with Crippen molar-refractivity contribution >= 4 is 12.0 Å². The van der Waals surface area contributed by atoms with Crippen molar-refractivity contribution in [3.63, 3.8) is 0 Å². The summed E-state index contributed by atoms with van der Waals surface area (Å²) in [7, 11) is 0. The summed E-state index contributed by atoms with van der Waals surface area (Å²) >= 11 is 0. The predicted molar refractivity (Wildman–Crippen MR) is 87.2 cm³/mol. The minimum absolute atomic E-state index is 0.134. The highest BCUT2D eigenvalue weighted by molar-refractivity contribution is 5.96. The smallest absolute Gasteiger partial charge is 0.408 e. The fourth-order valence-electron chi connectivity index (χ4n) is 2.33. The maximum Gasteiger partial charge on any atom is 0.408 e. The van der Waals surface area contributed by atoms with Crippen LogP contribution < -0.4 is 15.4 Å². The van der Waals surface area contributed by atoms with Crippen LogP contribution in [0.1, 0.15) is 12.5 Å². The van der Waals surface area contributed by atoms with Gasteiger partial charge in [0.05, 0.1) is 0 Å². The molecule has 0 saturated carbocycles. The van der Waals surface area contributed by atoms with E-state index in [2.05, 4.69) is 10.6 Å². The molecule has 2 atom stereocenters. The molecule has 3 rings (SSSR count). The molecule has 1 saturated heterocycles. The molecule has 0 aliphatic carbocycles. The van der Waals surface area contributed by atoms with Crippen LogP contribution in [0.2, 0.25) is 0 Å². The molecule has 0 aromatic heterocycles. The minimum Gasteiger partial charge on any atom is -0.468 e. The molecule has 2 N–H and O–H groups in total. The molecule has 6 heteroatoms. The Morgan fingerprint density at radius 1 is 1.12 bits per heavy atom. The number of para-hydroxylation sites is 1. The average Bonchev–Trinajstić information content (AvgIpc) is 2.61. The first-order valence-electron chi connectivity index (χ1n) is 7.59. The maximum atomic E-state index is 12.0. The summed E-state index contributed by atoms with van der Waals surface area (Å²) in [6.07, 6.45) is -1.32. The standard InChI is InChI=1S/C18H18N2O4/c1-18(20-17(22)23-12-13-8-4-2-5-9-13)15(21)19-16(18)24-14-10-6-3-7-11-14/h2-11,16H,12H2,1H3,(H,19,21)(H,20,22)/t16-,18-/m1/s1. The molecule has 6 nitrogen and oxygen atoms in total. The molecule has 2 aromatic rings. The second kappa shape index (κ2) is 6.62. The van der Waals surface area contributed by atoms with Crippen molar-refractivity contribution in [1.82, 2.24) is 10.6 Å². The van der Waals surface area contributed by atoms with Crippen LogP contribution in [0.15, 0.2) is 60.7 Å². The summed E-state index contributed by atoms with van der Waals surface area (Å²) in [6.45, 7) is 1.73. The number of ether oxygens (including phenoxy) is 2. The SMILES string of the molecule is C[C@@]1(NC(=O)OCc2ccccc2)C(=O)N[C@@H]1Oc1ccccc1. The Kier molecular flexibility index (Phi) is 4.37. The molecule has 24 heavy (non-hydrogen) atoms. The van der Waals surface area contributed by atoms with E-state index in [-0.39, 0.29) is 12.5 Å². The third kappa shape index (κ3) is 3.32. The zero-order chi connectivity index (χ0) is 17.0. The van der Waals surface area contributed by atoms with E-state index < -0.39 is 17.9 Å². The van der Waals surface area contributed by atoms with E-state index >= 15 is 0 Å². The van der Waals surface area contributed by atoms with Gasteiger partial charge in [-0.3, -0.25) is 4.79 Å². The van der Waals surface area contributed by atoms with Gasteiger partial charge in [0.1, 0.15) is 12.4 Å². The summed E-state index contributed by atoms with van der Waals surface area (Å²) in [5.74, 6) is 0.285. The van der Waals surface area contributed by atoms with Gasteiger partial charge in [0.15, 0.2) is 5.54 Å². The van der Waals surface area contributed by atoms with Gasteiger partial charge in [0.2, 0.25) is 6.23 Å². The van der Waals surface area contributed by atoms with Crippen molar-refractivity contribution in [2.24, 2.45) is 0 Å². The molecule has 1 aliphatic heterocycles. The molecule has 0 radical (unpaired) electrons. The Labute approximate surface area is 139 Å². The molecule has 1 heterocycles. The fourth-order valence-corrected chi connectivity index (χ4v) is 2.33. The highest BCUT2D eigenvalue weighted by Crippen LogP contribution is 2.24. The van der Waals surface area contributed by atoms with Gasteiger partial charge < -0.3 is 20.1 Å². The lowest BCUT2D eigenvalue weighted by Gasteiger charge is -2.45. The Hall–Kier alpha value is -3.02. The number of hydrogen-bond acceptors (Lipinski definition) is 4. The number of carbonyl (C=O) groups excluding carboxylic acids is 2. The van der Waals surface area contributed by atoms with Crippen LogP contribution in [0.25, 0.3) is 0 Å².